The Morgan fingerprint density at radius 1 is 1.17 bits per heavy atom. The van der Waals surface area contributed by atoms with E-state index in [9.17, 15) is 0 Å². The van der Waals surface area contributed by atoms with Crippen LogP contribution in [0.2, 0.25) is 5.02 Å². The van der Waals surface area contributed by atoms with E-state index in [4.69, 9.17) is 21.3 Å². The molecule has 2 aromatic carbocycles. The Morgan fingerprint density at radius 2 is 2.07 bits per heavy atom. The largest absolute Gasteiger partial charge is 0.376 e. The van der Waals surface area contributed by atoms with E-state index in [1.165, 1.54) is 5.56 Å². The van der Waals surface area contributed by atoms with E-state index in [2.05, 4.69) is 44.4 Å². The summed E-state index contributed by atoms with van der Waals surface area (Å²) in [7, 11) is 0. The molecule has 2 aromatic heterocycles. The lowest BCUT2D eigenvalue weighted by Gasteiger charge is -2.11. The van der Waals surface area contributed by atoms with E-state index in [-0.39, 0.29) is 6.10 Å². The minimum absolute atomic E-state index is 0.192. The molecule has 3 heterocycles. The maximum atomic E-state index is 6.20. The Morgan fingerprint density at radius 3 is 2.90 bits per heavy atom. The van der Waals surface area contributed by atoms with Crippen LogP contribution < -0.4 is 0 Å². The minimum atomic E-state index is 0.192. The van der Waals surface area contributed by atoms with Gasteiger partial charge in [0.25, 0.3) is 0 Å². The molecule has 0 bridgehead atoms. The topological polar surface area (TPSA) is 70.7 Å². The summed E-state index contributed by atoms with van der Waals surface area (Å²) in [5, 5.41) is 13.7. The summed E-state index contributed by atoms with van der Waals surface area (Å²) < 4.78 is 9.80. The number of ether oxygens (including phenoxy) is 1. The zero-order chi connectivity index (χ0) is 20.3. The van der Waals surface area contributed by atoms with Crippen LogP contribution in [0.1, 0.15) is 24.2 Å². The number of aromatic nitrogens is 6. The van der Waals surface area contributed by atoms with Gasteiger partial charge in [0.2, 0.25) is 5.16 Å². The lowest BCUT2D eigenvalue weighted by molar-refractivity contribution is 0.0912. The fraction of sp³-hybridized carbons (Fsp3) is 0.333. The van der Waals surface area contributed by atoms with Crippen molar-refractivity contribution in [2.75, 3.05) is 6.61 Å². The van der Waals surface area contributed by atoms with E-state index in [1.54, 1.807) is 11.8 Å². The summed E-state index contributed by atoms with van der Waals surface area (Å²) in [6, 6.07) is 16.2. The van der Waals surface area contributed by atoms with Gasteiger partial charge in [0.05, 0.1) is 29.4 Å². The quantitative estimate of drug-likeness (QED) is 0.401. The van der Waals surface area contributed by atoms with Crippen LogP contribution in [0, 0.1) is 0 Å². The lowest BCUT2D eigenvalue weighted by Crippen LogP contribution is -2.17. The van der Waals surface area contributed by atoms with Crippen LogP contribution in [0.3, 0.4) is 0 Å². The van der Waals surface area contributed by atoms with Crippen LogP contribution in [0.5, 0.6) is 0 Å². The Bertz CT molecular complexity index is 1140. The Hall–Kier alpha value is -2.42. The Kier molecular flexibility index (Phi) is 5.70. The van der Waals surface area contributed by atoms with Gasteiger partial charge < -0.3 is 9.30 Å². The molecule has 4 aromatic rings. The number of thioether (sulfide) groups is 1. The fourth-order valence-corrected chi connectivity index (χ4v) is 4.73. The van der Waals surface area contributed by atoms with Crippen LogP contribution in [-0.4, -0.2) is 42.5 Å². The molecule has 1 unspecified atom stereocenters. The van der Waals surface area contributed by atoms with Crippen LogP contribution in [0.25, 0.3) is 11.0 Å². The standard InChI is InChI=1S/C21H21ClN6OS/c22-16-8-9-19-18(11-16)23-20(27(19)12-15-5-2-1-3-6-15)14-30-21-24-25-26-28(21)13-17-7-4-10-29-17/h1-3,5-6,8-9,11,17H,4,7,10,12-14H2. The number of fused-ring (bicyclic) bond motifs is 1. The Labute approximate surface area is 183 Å². The zero-order valence-electron chi connectivity index (χ0n) is 16.3. The van der Waals surface area contributed by atoms with Gasteiger partial charge in [-0.3, -0.25) is 0 Å². The molecule has 154 valence electrons. The highest BCUT2D eigenvalue weighted by molar-refractivity contribution is 7.98. The average molecular weight is 441 g/mol. The molecule has 1 aliphatic heterocycles. The van der Waals surface area contributed by atoms with Gasteiger partial charge in [0, 0.05) is 18.2 Å². The molecule has 30 heavy (non-hydrogen) atoms. The Balaban J connectivity index is 1.40. The summed E-state index contributed by atoms with van der Waals surface area (Å²) in [4.78, 5) is 4.86. The molecule has 0 aliphatic carbocycles. The highest BCUT2D eigenvalue weighted by Crippen LogP contribution is 2.27. The maximum Gasteiger partial charge on any atom is 0.209 e. The van der Waals surface area contributed by atoms with Crippen LogP contribution in [0.4, 0.5) is 0 Å². The maximum absolute atomic E-state index is 6.20. The molecule has 1 saturated heterocycles. The molecule has 1 atom stereocenters. The first-order chi connectivity index (χ1) is 14.8. The van der Waals surface area contributed by atoms with E-state index < -0.39 is 0 Å². The fourth-order valence-electron chi connectivity index (χ4n) is 3.73. The smallest absolute Gasteiger partial charge is 0.209 e. The van der Waals surface area contributed by atoms with Crippen molar-refractivity contribution in [3.8, 4) is 0 Å². The van der Waals surface area contributed by atoms with E-state index in [1.807, 2.05) is 28.9 Å². The van der Waals surface area contributed by atoms with Crippen molar-refractivity contribution in [1.29, 1.82) is 0 Å². The first kappa shape index (κ1) is 19.5. The summed E-state index contributed by atoms with van der Waals surface area (Å²) in [6.45, 7) is 2.25. The number of imidazole rings is 1. The number of halogens is 1. The van der Waals surface area contributed by atoms with E-state index in [0.717, 1.165) is 48.0 Å². The predicted molar refractivity (Wildman–Crippen MR) is 117 cm³/mol. The SMILES string of the molecule is Clc1ccc2c(c1)nc(CSc1nnnn1CC1CCCO1)n2Cc1ccccc1. The first-order valence-electron chi connectivity index (χ1n) is 9.95. The third kappa shape index (κ3) is 4.21. The van der Waals surface area contributed by atoms with Crippen molar-refractivity contribution in [2.45, 2.75) is 42.9 Å². The molecule has 9 heteroatoms. The molecule has 0 N–H and O–H groups in total. The van der Waals surface area contributed by atoms with Gasteiger partial charge in [-0.15, -0.1) is 5.10 Å². The number of hydrogen-bond donors (Lipinski definition) is 0. The second-order valence-electron chi connectivity index (χ2n) is 7.30. The molecule has 0 radical (unpaired) electrons. The first-order valence-corrected chi connectivity index (χ1v) is 11.3. The van der Waals surface area contributed by atoms with Crippen molar-refractivity contribution in [2.24, 2.45) is 0 Å². The van der Waals surface area contributed by atoms with Gasteiger partial charge in [-0.2, -0.15) is 0 Å². The number of hydrogen-bond acceptors (Lipinski definition) is 6. The molecular weight excluding hydrogens is 420 g/mol. The molecule has 0 amide bonds. The van der Waals surface area contributed by atoms with Gasteiger partial charge in [-0.05, 0) is 47.0 Å². The van der Waals surface area contributed by atoms with Gasteiger partial charge >= 0.3 is 0 Å². The molecule has 0 spiro atoms. The van der Waals surface area contributed by atoms with E-state index >= 15 is 0 Å². The normalized spacial score (nSPS) is 16.5. The van der Waals surface area contributed by atoms with Gasteiger partial charge in [-0.25, -0.2) is 9.67 Å². The van der Waals surface area contributed by atoms with Crippen molar-refractivity contribution < 1.29 is 4.74 Å². The second-order valence-corrected chi connectivity index (χ2v) is 8.68. The average Bonchev–Trinajstić information content (AvgIpc) is 3.49. The third-order valence-corrected chi connectivity index (χ3v) is 6.39. The number of rotatable bonds is 7. The molecule has 1 aliphatic rings. The third-order valence-electron chi connectivity index (χ3n) is 5.20. The molecular formula is C21H21ClN6OS. The number of tetrazole rings is 1. The summed E-state index contributed by atoms with van der Waals surface area (Å²) in [5.41, 5.74) is 3.19. The second kappa shape index (κ2) is 8.75. The van der Waals surface area contributed by atoms with Crippen molar-refractivity contribution in [1.82, 2.24) is 29.8 Å². The zero-order valence-corrected chi connectivity index (χ0v) is 17.9. The summed E-state index contributed by atoms with van der Waals surface area (Å²) in [6.07, 6.45) is 2.34. The number of benzene rings is 2. The molecule has 7 nitrogen and oxygen atoms in total. The van der Waals surface area contributed by atoms with E-state index in [0.29, 0.717) is 17.3 Å². The van der Waals surface area contributed by atoms with Crippen LogP contribution in [-0.2, 0) is 23.6 Å². The van der Waals surface area contributed by atoms with Gasteiger partial charge in [0.15, 0.2) is 0 Å². The van der Waals surface area contributed by atoms with Crippen molar-refractivity contribution >= 4 is 34.4 Å². The van der Waals surface area contributed by atoms with Crippen LogP contribution >= 0.6 is 23.4 Å². The summed E-state index contributed by atoms with van der Waals surface area (Å²) >= 11 is 7.79. The molecule has 0 saturated carbocycles. The molecule has 5 rings (SSSR count). The van der Waals surface area contributed by atoms with Crippen molar-refractivity contribution in [3.05, 3.63) is 64.9 Å². The highest BCUT2D eigenvalue weighted by Gasteiger charge is 2.20. The number of nitrogens with zero attached hydrogens (tertiary/aromatic N) is 6. The van der Waals surface area contributed by atoms with Gasteiger partial charge in [-0.1, -0.05) is 53.7 Å². The highest BCUT2D eigenvalue weighted by atomic mass is 35.5. The van der Waals surface area contributed by atoms with Gasteiger partial charge in [0.1, 0.15) is 5.82 Å². The minimum Gasteiger partial charge on any atom is -0.376 e. The lowest BCUT2D eigenvalue weighted by atomic mass is 10.2. The summed E-state index contributed by atoms with van der Waals surface area (Å²) in [5.74, 6) is 1.62. The molecule has 1 fully saturated rings. The van der Waals surface area contributed by atoms with Crippen molar-refractivity contribution in [3.63, 3.8) is 0 Å². The van der Waals surface area contributed by atoms with Crippen LogP contribution in [0.15, 0.2) is 53.7 Å². The monoisotopic (exact) mass is 440 g/mol. The predicted octanol–water partition coefficient (Wildman–Crippen LogP) is 4.20.